The maximum atomic E-state index is 12.3. The number of amides is 2. The van der Waals surface area contributed by atoms with Crippen molar-refractivity contribution >= 4 is 6.03 Å². The minimum absolute atomic E-state index is 0.163. The second-order valence-electron chi connectivity index (χ2n) is 5.27. The van der Waals surface area contributed by atoms with E-state index in [0.717, 1.165) is 16.9 Å². The molecule has 2 aromatic rings. The molecule has 1 heterocycles. The normalized spacial score (nSPS) is 10.1. The molecule has 0 fully saturated rings. The fraction of sp³-hybridized carbons (Fsp3) is 0.333. The van der Waals surface area contributed by atoms with Crippen LogP contribution in [0.4, 0.5) is 4.79 Å². The number of methoxy groups -OCH3 is 1. The van der Waals surface area contributed by atoms with Crippen molar-refractivity contribution in [1.29, 1.82) is 0 Å². The van der Waals surface area contributed by atoms with Crippen molar-refractivity contribution in [3.05, 3.63) is 53.7 Å². The SMILES string of the molecule is CCOc1ncccc1CNC(=O)N(C)Cc1cccc(OC)c1. The molecule has 0 saturated heterocycles. The van der Waals surface area contributed by atoms with Crippen LogP contribution in [0.15, 0.2) is 42.6 Å². The summed E-state index contributed by atoms with van der Waals surface area (Å²) in [6.07, 6.45) is 1.67. The van der Waals surface area contributed by atoms with E-state index in [0.29, 0.717) is 25.6 Å². The number of ether oxygens (including phenoxy) is 2. The van der Waals surface area contributed by atoms with Crippen LogP contribution >= 0.6 is 0 Å². The van der Waals surface area contributed by atoms with Crippen molar-refractivity contribution in [3.63, 3.8) is 0 Å². The van der Waals surface area contributed by atoms with E-state index in [4.69, 9.17) is 9.47 Å². The molecule has 6 heteroatoms. The van der Waals surface area contributed by atoms with Crippen LogP contribution in [0.5, 0.6) is 11.6 Å². The molecule has 0 unspecified atom stereocenters. The summed E-state index contributed by atoms with van der Waals surface area (Å²) in [4.78, 5) is 18.1. The molecule has 128 valence electrons. The first-order valence-electron chi connectivity index (χ1n) is 7.82. The number of urea groups is 1. The quantitative estimate of drug-likeness (QED) is 0.848. The summed E-state index contributed by atoms with van der Waals surface area (Å²) in [5.74, 6) is 1.33. The second kappa shape index (κ2) is 8.76. The number of nitrogens with one attached hydrogen (secondary N) is 1. The van der Waals surface area contributed by atoms with Gasteiger partial charge in [0.15, 0.2) is 0 Å². The molecular formula is C18H23N3O3. The molecule has 0 spiro atoms. The Hall–Kier alpha value is -2.76. The molecule has 0 aliphatic heterocycles. The van der Waals surface area contributed by atoms with Crippen molar-refractivity contribution in [2.45, 2.75) is 20.0 Å². The maximum absolute atomic E-state index is 12.3. The molecule has 24 heavy (non-hydrogen) atoms. The van der Waals surface area contributed by atoms with Gasteiger partial charge in [0.05, 0.1) is 13.7 Å². The number of carbonyl (C=O) groups excluding carboxylic acids is 1. The van der Waals surface area contributed by atoms with Crippen LogP contribution in [-0.2, 0) is 13.1 Å². The largest absolute Gasteiger partial charge is 0.497 e. The Labute approximate surface area is 142 Å². The molecule has 0 saturated carbocycles. The molecule has 1 N–H and O–H groups in total. The van der Waals surface area contributed by atoms with Crippen LogP contribution in [-0.4, -0.2) is 36.7 Å². The van der Waals surface area contributed by atoms with E-state index in [1.165, 1.54) is 0 Å². The summed E-state index contributed by atoms with van der Waals surface area (Å²) in [7, 11) is 3.38. The summed E-state index contributed by atoms with van der Waals surface area (Å²) in [5.41, 5.74) is 1.85. The molecule has 1 aromatic carbocycles. The summed E-state index contributed by atoms with van der Waals surface area (Å²) in [6.45, 7) is 3.30. The molecule has 0 atom stereocenters. The Morgan fingerprint density at radius 1 is 1.29 bits per heavy atom. The minimum atomic E-state index is -0.163. The number of carbonyl (C=O) groups is 1. The topological polar surface area (TPSA) is 63.7 Å². The van der Waals surface area contributed by atoms with E-state index < -0.39 is 0 Å². The van der Waals surface area contributed by atoms with Gasteiger partial charge in [-0.05, 0) is 30.7 Å². The monoisotopic (exact) mass is 329 g/mol. The number of nitrogens with zero attached hydrogens (tertiary/aromatic N) is 2. The Morgan fingerprint density at radius 2 is 2.12 bits per heavy atom. The van der Waals surface area contributed by atoms with Gasteiger partial charge in [-0.25, -0.2) is 9.78 Å². The Kier molecular flexibility index (Phi) is 6.42. The molecular weight excluding hydrogens is 306 g/mol. The van der Waals surface area contributed by atoms with Crippen molar-refractivity contribution in [3.8, 4) is 11.6 Å². The van der Waals surface area contributed by atoms with Crippen molar-refractivity contribution < 1.29 is 14.3 Å². The number of hydrogen-bond acceptors (Lipinski definition) is 4. The first-order valence-corrected chi connectivity index (χ1v) is 7.82. The molecule has 2 rings (SSSR count). The van der Waals surface area contributed by atoms with Gasteiger partial charge in [-0.15, -0.1) is 0 Å². The van der Waals surface area contributed by atoms with E-state index in [2.05, 4.69) is 10.3 Å². The third-order valence-electron chi connectivity index (χ3n) is 3.46. The highest BCUT2D eigenvalue weighted by atomic mass is 16.5. The Morgan fingerprint density at radius 3 is 2.88 bits per heavy atom. The second-order valence-corrected chi connectivity index (χ2v) is 5.27. The zero-order valence-electron chi connectivity index (χ0n) is 14.3. The summed E-state index contributed by atoms with van der Waals surface area (Å²) < 4.78 is 10.7. The van der Waals surface area contributed by atoms with Gasteiger partial charge in [0.2, 0.25) is 5.88 Å². The molecule has 0 bridgehead atoms. The van der Waals surface area contributed by atoms with Gasteiger partial charge in [0.1, 0.15) is 5.75 Å². The van der Waals surface area contributed by atoms with Crippen molar-refractivity contribution in [2.24, 2.45) is 0 Å². The first-order chi connectivity index (χ1) is 11.6. The number of aromatic nitrogens is 1. The summed E-state index contributed by atoms with van der Waals surface area (Å²) in [6, 6.07) is 11.2. The van der Waals surface area contributed by atoms with Gasteiger partial charge in [-0.1, -0.05) is 18.2 Å². The van der Waals surface area contributed by atoms with Gasteiger partial charge in [-0.3, -0.25) is 0 Å². The standard InChI is InChI=1S/C18H23N3O3/c1-4-24-17-15(8-6-10-19-17)12-20-18(22)21(2)13-14-7-5-9-16(11-14)23-3/h5-11H,4,12-13H2,1-3H3,(H,20,22). The van der Waals surface area contributed by atoms with Crippen LogP contribution in [0.2, 0.25) is 0 Å². The number of rotatable bonds is 7. The zero-order valence-corrected chi connectivity index (χ0v) is 14.3. The molecule has 6 nitrogen and oxygen atoms in total. The summed E-state index contributed by atoms with van der Waals surface area (Å²) >= 11 is 0. The molecule has 2 amide bonds. The lowest BCUT2D eigenvalue weighted by Gasteiger charge is -2.19. The maximum Gasteiger partial charge on any atom is 0.317 e. The minimum Gasteiger partial charge on any atom is -0.497 e. The predicted molar refractivity (Wildman–Crippen MR) is 92.1 cm³/mol. The number of hydrogen-bond donors (Lipinski definition) is 1. The lowest BCUT2D eigenvalue weighted by molar-refractivity contribution is 0.206. The molecule has 0 aliphatic carbocycles. The van der Waals surface area contributed by atoms with Gasteiger partial charge >= 0.3 is 6.03 Å². The van der Waals surface area contributed by atoms with Crippen LogP contribution in [0.1, 0.15) is 18.1 Å². The highest BCUT2D eigenvalue weighted by Gasteiger charge is 2.11. The number of pyridine rings is 1. The van der Waals surface area contributed by atoms with Gasteiger partial charge < -0.3 is 19.7 Å². The van der Waals surface area contributed by atoms with Crippen LogP contribution in [0, 0.1) is 0 Å². The Bertz CT molecular complexity index is 676. The van der Waals surface area contributed by atoms with Gasteiger partial charge in [0, 0.05) is 31.9 Å². The van der Waals surface area contributed by atoms with E-state index >= 15 is 0 Å². The first kappa shape index (κ1) is 17.6. The fourth-order valence-corrected chi connectivity index (χ4v) is 2.25. The average molecular weight is 329 g/mol. The average Bonchev–Trinajstić information content (AvgIpc) is 2.61. The molecule has 1 aromatic heterocycles. The van der Waals surface area contributed by atoms with E-state index in [1.807, 2.05) is 43.3 Å². The van der Waals surface area contributed by atoms with E-state index in [1.54, 1.807) is 25.3 Å². The van der Waals surface area contributed by atoms with Gasteiger partial charge in [-0.2, -0.15) is 0 Å². The fourth-order valence-electron chi connectivity index (χ4n) is 2.25. The third kappa shape index (κ3) is 4.87. The van der Waals surface area contributed by atoms with E-state index in [-0.39, 0.29) is 6.03 Å². The molecule has 0 radical (unpaired) electrons. The van der Waals surface area contributed by atoms with Crippen molar-refractivity contribution in [1.82, 2.24) is 15.2 Å². The molecule has 0 aliphatic rings. The third-order valence-corrected chi connectivity index (χ3v) is 3.46. The highest BCUT2D eigenvalue weighted by molar-refractivity contribution is 5.73. The number of benzene rings is 1. The van der Waals surface area contributed by atoms with Crippen molar-refractivity contribution in [2.75, 3.05) is 20.8 Å². The van der Waals surface area contributed by atoms with E-state index in [9.17, 15) is 4.79 Å². The van der Waals surface area contributed by atoms with Gasteiger partial charge in [0.25, 0.3) is 0 Å². The zero-order chi connectivity index (χ0) is 17.4. The smallest absolute Gasteiger partial charge is 0.317 e. The lowest BCUT2D eigenvalue weighted by Crippen LogP contribution is -2.36. The summed E-state index contributed by atoms with van der Waals surface area (Å²) in [5, 5.41) is 2.88. The lowest BCUT2D eigenvalue weighted by atomic mass is 10.2. The highest BCUT2D eigenvalue weighted by Crippen LogP contribution is 2.15. The van der Waals surface area contributed by atoms with Crippen LogP contribution < -0.4 is 14.8 Å². The van der Waals surface area contributed by atoms with Crippen LogP contribution in [0.25, 0.3) is 0 Å². The van der Waals surface area contributed by atoms with Crippen LogP contribution in [0.3, 0.4) is 0 Å². The predicted octanol–water partition coefficient (Wildman–Crippen LogP) is 2.83. The Balaban J connectivity index is 1.92.